The maximum absolute atomic E-state index is 11.8. The lowest BCUT2D eigenvalue weighted by atomic mass is 10.1. The van der Waals surface area contributed by atoms with E-state index in [4.69, 9.17) is 0 Å². The molecule has 0 aliphatic carbocycles. The maximum Gasteiger partial charge on any atom is 0.243 e. The Labute approximate surface area is 170 Å². The number of guanidine groups is 1. The Morgan fingerprint density at radius 2 is 1.96 bits per heavy atom. The Bertz CT molecular complexity index is 643. The Morgan fingerprint density at radius 3 is 2.62 bits per heavy atom. The lowest BCUT2D eigenvalue weighted by molar-refractivity contribution is -0.127. The monoisotopic (exact) mass is 478 g/mol. The molecule has 11 heteroatoms. The highest BCUT2D eigenvalue weighted by Crippen LogP contribution is 2.11. The van der Waals surface area contributed by atoms with Crippen LogP contribution in [0.4, 0.5) is 0 Å². The molecule has 1 atom stereocenters. The third kappa shape index (κ3) is 6.42. The van der Waals surface area contributed by atoms with Gasteiger partial charge in [0.05, 0.1) is 13.1 Å². The standard InChI is InChI=1S/C15H26N8O2.HI/c1-21(2)13(24)7-16-15(17-8-14(25)22(3)4)20-11-5-6-12-18-10-19-23(12)9-11;/h10-11H,5-9H2,1-4H3,(H2,16,17,20);1H. The molecular weight excluding hydrogens is 451 g/mol. The molecule has 10 nitrogen and oxygen atoms in total. The van der Waals surface area contributed by atoms with Crippen LogP contribution < -0.4 is 10.6 Å². The number of nitrogens with zero attached hydrogens (tertiary/aromatic N) is 6. The predicted octanol–water partition coefficient (Wildman–Crippen LogP) is -1.08. The molecule has 0 spiro atoms. The first-order valence-corrected chi connectivity index (χ1v) is 8.18. The number of nitrogens with one attached hydrogen (secondary N) is 2. The van der Waals surface area contributed by atoms with Gasteiger partial charge >= 0.3 is 0 Å². The van der Waals surface area contributed by atoms with Crippen molar-refractivity contribution in [3.63, 3.8) is 0 Å². The first-order chi connectivity index (χ1) is 11.9. The average molecular weight is 478 g/mol. The Morgan fingerprint density at radius 1 is 1.27 bits per heavy atom. The predicted molar refractivity (Wildman–Crippen MR) is 108 cm³/mol. The van der Waals surface area contributed by atoms with Gasteiger partial charge < -0.3 is 20.4 Å². The Balaban J connectivity index is 0.00000338. The summed E-state index contributed by atoms with van der Waals surface area (Å²) in [6.45, 7) is 0.787. The minimum absolute atomic E-state index is 0. The molecule has 0 aromatic carbocycles. The number of halogens is 1. The molecule has 1 aromatic heterocycles. The summed E-state index contributed by atoms with van der Waals surface area (Å²) in [4.78, 5) is 35.1. The van der Waals surface area contributed by atoms with E-state index in [0.717, 1.165) is 18.7 Å². The number of hydrogen-bond acceptors (Lipinski definition) is 5. The zero-order valence-electron chi connectivity index (χ0n) is 15.6. The van der Waals surface area contributed by atoms with Crippen LogP contribution >= 0.6 is 24.0 Å². The van der Waals surface area contributed by atoms with E-state index in [2.05, 4.69) is 25.7 Å². The van der Waals surface area contributed by atoms with Crippen molar-refractivity contribution in [3.05, 3.63) is 12.2 Å². The van der Waals surface area contributed by atoms with E-state index < -0.39 is 0 Å². The molecule has 26 heavy (non-hydrogen) atoms. The van der Waals surface area contributed by atoms with Crippen molar-refractivity contribution in [1.29, 1.82) is 0 Å². The fourth-order valence-corrected chi connectivity index (χ4v) is 2.31. The molecule has 2 rings (SSSR count). The summed E-state index contributed by atoms with van der Waals surface area (Å²) < 4.78 is 1.86. The van der Waals surface area contributed by atoms with Gasteiger partial charge in [0.25, 0.3) is 0 Å². The summed E-state index contributed by atoms with van der Waals surface area (Å²) in [5, 5.41) is 10.5. The molecular formula is C15H27IN8O2. The molecule has 0 radical (unpaired) electrons. The number of amides is 2. The van der Waals surface area contributed by atoms with Crippen LogP contribution in [0, 0.1) is 0 Å². The number of hydrogen-bond donors (Lipinski definition) is 2. The summed E-state index contributed by atoms with van der Waals surface area (Å²) in [5.74, 6) is 1.23. The highest BCUT2D eigenvalue weighted by atomic mass is 127. The molecule has 0 fully saturated rings. The summed E-state index contributed by atoms with van der Waals surface area (Å²) in [5.41, 5.74) is 0. The quantitative estimate of drug-likeness (QED) is 0.317. The number of aliphatic imine (C=N–C) groups is 1. The van der Waals surface area contributed by atoms with Gasteiger partial charge in [0.1, 0.15) is 18.7 Å². The lowest BCUT2D eigenvalue weighted by Gasteiger charge is -2.25. The van der Waals surface area contributed by atoms with Crippen LogP contribution in [-0.2, 0) is 22.6 Å². The lowest BCUT2D eigenvalue weighted by Crippen LogP contribution is -2.49. The van der Waals surface area contributed by atoms with Crippen molar-refractivity contribution in [2.45, 2.75) is 25.4 Å². The van der Waals surface area contributed by atoms with Crippen molar-refractivity contribution in [1.82, 2.24) is 35.2 Å². The topological polar surface area (TPSA) is 108 Å². The van der Waals surface area contributed by atoms with Gasteiger partial charge in [0, 0.05) is 40.7 Å². The van der Waals surface area contributed by atoms with Gasteiger partial charge in [-0.2, -0.15) is 5.10 Å². The summed E-state index contributed by atoms with van der Waals surface area (Å²) in [7, 11) is 6.75. The van der Waals surface area contributed by atoms with Gasteiger partial charge in [-0.05, 0) is 6.42 Å². The van der Waals surface area contributed by atoms with Crippen LogP contribution in [-0.4, -0.2) is 89.7 Å². The van der Waals surface area contributed by atoms with Gasteiger partial charge in [0.2, 0.25) is 11.8 Å². The van der Waals surface area contributed by atoms with Crippen LogP contribution in [0.5, 0.6) is 0 Å². The highest BCUT2D eigenvalue weighted by Gasteiger charge is 2.21. The summed E-state index contributed by atoms with van der Waals surface area (Å²) >= 11 is 0. The zero-order chi connectivity index (χ0) is 18.4. The second-order valence-electron chi connectivity index (χ2n) is 6.33. The molecule has 0 saturated heterocycles. The molecule has 0 saturated carbocycles. The second-order valence-corrected chi connectivity index (χ2v) is 6.33. The zero-order valence-corrected chi connectivity index (χ0v) is 17.9. The third-order valence-electron chi connectivity index (χ3n) is 3.92. The molecule has 1 aliphatic rings. The largest absolute Gasteiger partial charge is 0.352 e. The van der Waals surface area contributed by atoms with Crippen LogP contribution in [0.2, 0.25) is 0 Å². The smallest absolute Gasteiger partial charge is 0.243 e. The molecule has 2 heterocycles. The second kappa shape index (κ2) is 10.3. The van der Waals surface area contributed by atoms with E-state index in [1.54, 1.807) is 34.5 Å². The molecule has 2 amide bonds. The number of aryl methyl sites for hydroxylation is 1. The Hall–Kier alpha value is -1.92. The van der Waals surface area contributed by atoms with Crippen LogP contribution in [0.25, 0.3) is 0 Å². The van der Waals surface area contributed by atoms with Crippen LogP contribution in [0.1, 0.15) is 12.2 Å². The van der Waals surface area contributed by atoms with Crippen molar-refractivity contribution >= 4 is 41.8 Å². The van der Waals surface area contributed by atoms with Gasteiger partial charge in [-0.1, -0.05) is 0 Å². The van der Waals surface area contributed by atoms with Crippen LogP contribution in [0.3, 0.4) is 0 Å². The number of carbonyl (C=O) groups is 2. The van der Waals surface area contributed by atoms with Gasteiger partial charge in [-0.25, -0.2) is 14.7 Å². The number of rotatable bonds is 5. The van der Waals surface area contributed by atoms with E-state index in [9.17, 15) is 9.59 Å². The van der Waals surface area contributed by atoms with E-state index in [1.165, 1.54) is 9.80 Å². The van der Waals surface area contributed by atoms with Gasteiger partial charge in [-0.15, -0.1) is 24.0 Å². The molecule has 1 aromatic rings. The van der Waals surface area contributed by atoms with Crippen molar-refractivity contribution < 1.29 is 9.59 Å². The fraction of sp³-hybridized carbons (Fsp3) is 0.667. The van der Waals surface area contributed by atoms with Crippen molar-refractivity contribution in [3.8, 4) is 0 Å². The minimum Gasteiger partial charge on any atom is -0.352 e. The van der Waals surface area contributed by atoms with E-state index in [-0.39, 0.29) is 54.9 Å². The molecule has 0 bridgehead atoms. The van der Waals surface area contributed by atoms with Crippen LogP contribution in [0.15, 0.2) is 11.3 Å². The third-order valence-corrected chi connectivity index (χ3v) is 3.92. The fourth-order valence-electron chi connectivity index (χ4n) is 2.31. The van der Waals surface area contributed by atoms with Gasteiger partial charge in [0.15, 0.2) is 5.96 Å². The SMILES string of the molecule is CN(C)C(=O)CN=C(NCC(=O)N(C)C)NC1CCc2ncnn2C1.I. The van der Waals surface area contributed by atoms with Gasteiger partial charge in [-0.3, -0.25) is 9.59 Å². The average Bonchev–Trinajstić information content (AvgIpc) is 3.03. The molecule has 146 valence electrons. The summed E-state index contributed by atoms with van der Waals surface area (Å²) in [6.07, 6.45) is 3.25. The number of likely N-dealkylation sites (N-methyl/N-ethyl adjacent to an activating group) is 2. The first kappa shape index (κ1) is 22.1. The summed E-state index contributed by atoms with van der Waals surface area (Å²) in [6, 6.07) is 0.101. The van der Waals surface area contributed by atoms with E-state index in [1.807, 2.05) is 4.68 Å². The first-order valence-electron chi connectivity index (χ1n) is 8.18. The number of carbonyl (C=O) groups excluding carboxylic acids is 2. The minimum atomic E-state index is -0.109. The normalized spacial score (nSPS) is 16.2. The van der Waals surface area contributed by atoms with Crippen molar-refractivity contribution in [2.75, 3.05) is 41.3 Å². The Kier molecular flexibility index (Phi) is 8.75. The van der Waals surface area contributed by atoms with Crippen molar-refractivity contribution in [2.24, 2.45) is 4.99 Å². The van der Waals surface area contributed by atoms with E-state index in [0.29, 0.717) is 12.5 Å². The maximum atomic E-state index is 11.8. The molecule has 1 unspecified atom stereocenters. The molecule has 1 aliphatic heterocycles. The van der Waals surface area contributed by atoms with E-state index >= 15 is 0 Å². The highest BCUT2D eigenvalue weighted by molar-refractivity contribution is 14.0. The molecule has 2 N–H and O–H groups in total. The number of aromatic nitrogens is 3. The number of fused-ring (bicyclic) bond motifs is 1.